The third-order valence-electron chi connectivity index (χ3n) is 3.85. The van der Waals surface area contributed by atoms with Crippen molar-refractivity contribution in [1.29, 1.82) is 0 Å². The normalized spacial score (nSPS) is 11.1. The predicted octanol–water partition coefficient (Wildman–Crippen LogP) is 3.00. The number of carbonyl (C=O) groups excluding carboxylic acids is 1. The van der Waals surface area contributed by atoms with Gasteiger partial charge in [-0.3, -0.25) is 4.79 Å². The van der Waals surface area contributed by atoms with E-state index < -0.39 is 5.97 Å². The molecule has 1 aromatic heterocycles. The summed E-state index contributed by atoms with van der Waals surface area (Å²) in [6.45, 7) is 2.79. The molecule has 0 atom stereocenters. The standard InChI is InChI=1S/C19H18N4O3S/c1-2-23-16-10-6-5-9-15(16)21-19(23)27-12-17(24)22-20-11-13-7-3-4-8-14(13)18(25)26/h3-11H,2,12H2,1H3,(H,22,24)(H,25,26)/b20-11+. The van der Waals surface area contributed by atoms with Crippen LogP contribution in [0.15, 0.2) is 58.8 Å². The maximum Gasteiger partial charge on any atom is 0.336 e. The van der Waals surface area contributed by atoms with Crippen LogP contribution in [0.1, 0.15) is 22.8 Å². The van der Waals surface area contributed by atoms with Gasteiger partial charge in [-0.25, -0.2) is 15.2 Å². The van der Waals surface area contributed by atoms with E-state index in [1.807, 2.05) is 31.2 Å². The van der Waals surface area contributed by atoms with E-state index in [1.165, 1.54) is 24.0 Å². The first kappa shape index (κ1) is 18.7. The smallest absolute Gasteiger partial charge is 0.336 e. The van der Waals surface area contributed by atoms with Crippen LogP contribution in [0.3, 0.4) is 0 Å². The molecule has 0 aliphatic carbocycles. The number of nitrogens with zero attached hydrogens (tertiary/aromatic N) is 3. The van der Waals surface area contributed by atoms with Crippen molar-refractivity contribution in [1.82, 2.24) is 15.0 Å². The number of rotatable bonds is 7. The van der Waals surface area contributed by atoms with Gasteiger partial charge in [0.25, 0.3) is 5.91 Å². The van der Waals surface area contributed by atoms with Gasteiger partial charge in [0.2, 0.25) is 0 Å². The van der Waals surface area contributed by atoms with Crippen molar-refractivity contribution in [2.45, 2.75) is 18.6 Å². The molecular formula is C19H18N4O3S. The quantitative estimate of drug-likeness (QED) is 0.372. The van der Waals surface area contributed by atoms with Gasteiger partial charge in [-0.1, -0.05) is 42.1 Å². The molecule has 0 saturated carbocycles. The molecule has 27 heavy (non-hydrogen) atoms. The number of fused-ring (bicyclic) bond motifs is 1. The highest BCUT2D eigenvalue weighted by atomic mass is 32.2. The molecule has 2 aromatic carbocycles. The van der Waals surface area contributed by atoms with E-state index in [-0.39, 0.29) is 17.2 Å². The van der Waals surface area contributed by atoms with E-state index in [2.05, 4.69) is 20.1 Å². The maximum absolute atomic E-state index is 12.0. The molecule has 0 unspecified atom stereocenters. The van der Waals surface area contributed by atoms with Crippen LogP contribution in [0.2, 0.25) is 0 Å². The van der Waals surface area contributed by atoms with Gasteiger partial charge >= 0.3 is 5.97 Å². The largest absolute Gasteiger partial charge is 0.478 e. The van der Waals surface area contributed by atoms with Crippen LogP contribution in [-0.4, -0.2) is 38.5 Å². The lowest BCUT2D eigenvalue weighted by atomic mass is 10.1. The second-order valence-electron chi connectivity index (χ2n) is 5.60. The molecule has 0 aliphatic rings. The molecule has 2 N–H and O–H groups in total. The van der Waals surface area contributed by atoms with Crippen LogP contribution in [0.5, 0.6) is 0 Å². The minimum Gasteiger partial charge on any atom is -0.478 e. The highest BCUT2D eigenvalue weighted by molar-refractivity contribution is 7.99. The number of benzene rings is 2. The van der Waals surface area contributed by atoms with Gasteiger partial charge in [-0.2, -0.15) is 5.10 Å². The summed E-state index contributed by atoms with van der Waals surface area (Å²) in [4.78, 5) is 27.7. The van der Waals surface area contributed by atoms with E-state index in [1.54, 1.807) is 18.2 Å². The van der Waals surface area contributed by atoms with E-state index in [0.717, 1.165) is 22.7 Å². The monoisotopic (exact) mass is 382 g/mol. The lowest BCUT2D eigenvalue weighted by Crippen LogP contribution is -2.20. The number of para-hydroxylation sites is 2. The summed E-state index contributed by atoms with van der Waals surface area (Å²) in [5.74, 6) is -1.18. The number of amides is 1. The average Bonchev–Trinajstić information content (AvgIpc) is 3.04. The molecule has 1 heterocycles. The van der Waals surface area contributed by atoms with Crippen LogP contribution in [-0.2, 0) is 11.3 Å². The molecule has 1 amide bonds. The Morgan fingerprint density at radius 2 is 1.96 bits per heavy atom. The number of hydrogen-bond donors (Lipinski definition) is 2. The number of hydrazone groups is 1. The number of imidazole rings is 1. The topological polar surface area (TPSA) is 96.6 Å². The lowest BCUT2D eigenvalue weighted by Gasteiger charge is -2.05. The number of thioether (sulfide) groups is 1. The zero-order chi connectivity index (χ0) is 19.2. The molecule has 0 fully saturated rings. The van der Waals surface area contributed by atoms with Crippen LogP contribution < -0.4 is 5.43 Å². The third kappa shape index (κ3) is 4.35. The SMILES string of the molecule is CCn1c(SCC(=O)N/N=C/c2ccccc2C(=O)O)nc2ccccc21. The predicted molar refractivity (Wildman–Crippen MR) is 105 cm³/mol. The number of hydrogen-bond acceptors (Lipinski definition) is 5. The summed E-state index contributed by atoms with van der Waals surface area (Å²) in [5, 5.41) is 13.8. The number of aromatic carboxylic acids is 1. The fourth-order valence-corrected chi connectivity index (χ4v) is 3.48. The van der Waals surface area contributed by atoms with Crippen LogP contribution in [0, 0.1) is 0 Å². The zero-order valence-corrected chi connectivity index (χ0v) is 15.4. The average molecular weight is 382 g/mol. The van der Waals surface area contributed by atoms with Crippen LogP contribution >= 0.6 is 11.8 Å². The molecule has 3 aromatic rings. The number of carboxylic acids is 1. The molecule has 7 nitrogen and oxygen atoms in total. The van der Waals surface area contributed by atoms with Gasteiger partial charge < -0.3 is 9.67 Å². The summed E-state index contributed by atoms with van der Waals surface area (Å²) in [5.41, 5.74) is 4.89. The van der Waals surface area contributed by atoms with Gasteiger partial charge in [0, 0.05) is 12.1 Å². The highest BCUT2D eigenvalue weighted by Crippen LogP contribution is 2.23. The Bertz CT molecular complexity index is 1010. The van der Waals surface area contributed by atoms with Gasteiger partial charge in [0.1, 0.15) is 0 Å². The number of carboxylic acid groups (broad SMARTS) is 1. The lowest BCUT2D eigenvalue weighted by molar-refractivity contribution is -0.118. The number of aryl methyl sites for hydroxylation is 1. The molecule has 0 aliphatic heterocycles. The van der Waals surface area contributed by atoms with E-state index in [0.29, 0.717) is 5.56 Å². The maximum atomic E-state index is 12.0. The number of carbonyl (C=O) groups is 2. The minimum absolute atomic E-state index is 0.126. The van der Waals surface area contributed by atoms with Crippen molar-refractivity contribution >= 4 is 40.9 Å². The van der Waals surface area contributed by atoms with Crippen molar-refractivity contribution in [3.05, 3.63) is 59.7 Å². The van der Waals surface area contributed by atoms with Crippen molar-refractivity contribution in [3.63, 3.8) is 0 Å². The van der Waals surface area contributed by atoms with Gasteiger partial charge in [-0.15, -0.1) is 0 Å². The van der Waals surface area contributed by atoms with Gasteiger partial charge in [0.15, 0.2) is 5.16 Å². The first-order valence-electron chi connectivity index (χ1n) is 8.32. The Hall–Kier alpha value is -3.13. The first-order valence-corrected chi connectivity index (χ1v) is 9.31. The Kier molecular flexibility index (Phi) is 5.87. The molecule has 0 bridgehead atoms. The van der Waals surface area contributed by atoms with Crippen molar-refractivity contribution in [2.24, 2.45) is 5.10 Å². The van der Waals surface area contributed by atoms with E-state index in [9.17, 15) is 9.59 Å². The molecule has 0 spiro atoms. The van der Waals surface area contributed by atoms with E-state index >= 15 is 0 Å². The fourth-order valence-electron chi connectivity index (χ4n) is 2.61. The number of nitrogens with one attached hydrogen (secondary N) is 1. The van der Waals surface area contributed by atoms with Gasteiger partial charge in [0.05, 0.1) is 28.6 Å². The summed E-state index contributed by atoms with van der Waals surface area (Å²) in [6.07, 6.45) is 1.33. The second kappa shape index (κ2) is 8.50. The Morgan fingerprint density at radius 3 is 2.74 bits per heavy atom. The summed E-state index contributed by atoms with van der Waals surface area (Å²) in [7, 11) is 0. The Morgan fingerprint density at radius 1 is 1.22 bits per heavy atom. The minimum atomic E-state index is -1.04. The van der Waals surface area contributed by atoms with E-state index in [4.69, 9.17) is 5.11 Å². The molecule has 3 rings (SSSR count). The first-order chi connectivity index (χ1) is 13.1. The van der Waals surface area contributed by atoms with Crippen LogP contribution in [0.25, 0.3) is 11.0 Å². The second-order valence-corrected chi connectivity index (χ2v) is 6.54. The van der Waals surface area contributed by atoms with Crippen molar-refractivity contribution < 1.29 is 14.7 Å². The molecule has 138 valence electrons. The molecule has 0 saturated heterocycles. The number of aromatic nitrogens is 2. The van der Waals surface area contributed by atoms with Crippen LogP contribution in [0.4, 0.5) is 0 Å². The fraction of sp³-hybridized carbons (Fsp3) is 0.158. The van der Waals surface area contributed by atoms with Crippen molar-refractivity contribution in [2.75, 3.05) is 5.75 Å². The summed E-state index contributed by atoms with van der Waals surface area (Å²) in [6, 6.07) is 14.3. The van der Waals surface area contributed by atoms with Crippen molar-refractivity contribution in [3.8, 4) is 0 Å². The van der Waals surface area contributed by atoms with Gasteiger partial charge in [-0.05, 0) is 25.1 Å². The molecular weight excluding hydrogens is 364 g/mol. The summed E-state index contributed by atoms with van der Waals surface area (Å²) >= 11 is 1.33. The third-order valence-corrected chi connectivity index (χ3v) is 4.83. The molecule has 0 radical (unpaired) electrons. The summed E-state index contributed by atoms with van der Waals surface area (Å²) < 4.78 is 2.06. The zero-order valence-electron chi connectivity index (χ0n) is 14.6. The molecule has 8 heteroatoms. The Labute approximate surface area is 160 Å². The Balaban J connectivity index is 1.62. The highest BCUT2D eigenvalue weighted by Gasteiger charge is 2.11.